The maximum atomic E-state index is 5.87. The minimum absolute atomic E-state index is 0.208. The summed E-state index contributed by atoms with van der Waals surface area (Å²) >= 11 is 3.46. The van der Waals surface area contributed by atoms with Crippen molar-refractivity contribution in [1.82, 2.24) is 19.8 Å². The molecular formula is C13H12BrN5. The lowest BCUT2D eigenvalue weighted by Gasteiger charge is -2.05. The summed E-state index contributed by atoms with van der Waals surface area (Å²) in [5, 5.41) is 12.7. The first kappa shape index (κ1) is 12.3. The van der Waals surface area contributed by atoms with Crippen molar-refractivity contribution in [2.45, 2.75) is 13.0 Å². The predicted molar refractivity (Wildman–Crippen MR) is 76.5 cm³/mol. The molecule has 6 heteroatoms. The molecule has 0 fully saturated rings. The summed E-state index contributed by atoms with van der Waals surface area (Å²) in [6, 6.07) is 11.6. The predicted octanol–water partition coefficient (Wildman–Crippen LogP) is 2.57. The highest BCUT2D eigenvalue weighted by Gasteiger charge is 2.11. The molecule has 0 aliphatic carbocycles. The molecule has 96 valence electrons. The van der Waals surface area contributed by atoms with E-state index in [2.05, 4.69) is 31.2 Å². The van der Waals surface area contributed by atoms with Crippen molar-refractivity contribution in [3.05, 3.63) is 46.7 Å². The summed E-state index contributed by atoms with van der Waals surface area (Å²) in [5.41, 5.74) is 8.45. The topological polar surface area (TPSA) is 69.1 Å². The van der Waals surface area contributed by atoms with E-state index in [0.717, 1.165) is 15.7 Å². The Labute approximate surface area is 118 Å². The van der Waals surface area contributed by atoms with Crippen LogP contribution in [0.4, 0.5) is 0 Å². The average molecular weight is 318 g/mol. The van der Waals surface area contributed by atoms with Crippen LogP contribution in [-0.2, 0) is 0 Å². The fourth-order valence-electron chi connectivity index (χ4n) is 1.89. The fraction of sp³-hybridized carbons (Fsp3) is 0.154. The molecule has 0 bridgehead atoms. The van der Waals surface area contributed by atoms with Crippen LogP contribution in [0.1, 0.15) is 18.8 Å². The van der Waals surface area contributed by atoms with Gasteiger partial charge in [-0.3, -0.25) is 0 Å². The Morgan fingerprint density at radius 1 is 1.21 bits per heavy atom. The molecule has 3 aromatic rings. The van der Waals surface area contributed by atoms with Crippen LogP contribution in [0.5, 0.6) is 0 Å². The van der Waals surface area contributed by atoms with Crippen molar-refractivity contribution < 1.29 is 0 Å². The second kappa shape index (κ2) is 4.71. The van der Waals surface area contributed by atoms with Crippen LogP contribution in [0, 0.1) is 0 Å². The van der Waals surface area contributed by atoms with E-state index in [4.69, 9.17) is 5.73 Å². The van der Waals surface area contributed by atoms with Crippen LogP contribution < -0.4 is 5.73 Å². The van der Waals surface area contributed by atoms with Crippen molar-refractivity contribution in [2.75, 3.05) is 0 Å². The molecule has 0 saturated heterocycles. The van der Waals surface area contributed by atoms with Gasteiger partial charge in [-0.15, -0.1) is 10.2 Å². The fourth-order valence-corrected chi connectivity index (χ4v) is 2.29. The zero-order chi connectivity index (χ0) is 13.4. The molecule has 3 rings (SSSR count). The van der Waals surface area contributed by atoms with Crippen LogP contribution in [-0.4, -0.2) is 19.8 Å². The SMILES string of the molecule is C[C@@H](N)c1nnc2ccc(-c3cccc(Br)c3)nn12. The number of hydrogen-bond donors (Lipinski definition) is 1. The van der Waals surface area contributed by atoms with E-state index < -0.39 is 0 Å². The molecular weight excluding hydrogens is 306 g/mol. The second-order valence-electron chi connectivity index (χ2n) is 4.35. The van der Waals surface area contributed by atoms with E-state index in [1.807, 2.05) is 43.3 Å². The van der Waals surface area contributed by atoms with Crippen LogP contribution >= 0.6 is 15.9 Å². The zero-order valence-corrected chi connectivity index (χ0v) is 11.9. The summed E-state index contributed by atoms with van der Waals surface area (Å²) in [5.74, 6) is 0.659. The molecule has 5 nitrogen and oxygen atoms in total. The number of halogens is 1. The van der Waals surface area contributed by atoms with Gasteiger partial charge in [0.2, 0.25) is 0 Å². The highest BCUT2D eigenvalue weighted by Crippen LogP contribution is 2.21. The van der Waals surface area contributed by atoms with E-state index >= 15 is 0 Å². The Morgan fingerprint density at radius 3 is 2.79 bits per heavy atom. The van der Waals surface area contributed by atoms with Gasteiger partial charge in [0, 0.05) is 10.0 Å². The number of nitrogens with two attached hydrogens (primary N) is 1. The Bertz CT molecular complexity index is 735. The monoisotopic (exact) mass is 317 g/mol. The highest BCUT2D eigenvalue weighted by molar-refractivity contribution is 9.10. The zero-order valence-electron chi connectivity index (χ0n) is 10.3. The Morgan fingerprint density at radius 2 is 2.05 bits per heavy atom. The number of rotatable bonds is 2. The molecule has 19 heavy (non-hydrogen) atoms. The number of hydrogen-bond acceptors (Lipinski definition) is 4. The molecule has 0 amide bonds. The largest absolute Gasteiger partial charge is 0.321 e. The smallest absolute Gasteiger partial charge is 0.178 e. The normalized spacial score (nSPS) is 12.8. The van der Waals surface area contributed by atoms with Crippen molar-refractivity contribution in [1.29, 1.82) is 0 Å². The van der Waals surface area contributed by atoms with E-state index in [1.165, 1.54) is 0 Å². The molecule has 0 aliphatic heterocycles. The summed E-state index contributed by atoms with van der Waals surface area (Å²) in [6.45, 7) is 1.86. The quantitative estimate of drug-likeness (QED) is 0.788. The van der Waals surface area contributed by atoms with Crippen molar-refractivity contribution in [3.63, 3.8) is 0 Å². The Balaban J connectivity index is 2.18. The van der Waals surface area contributed by atoms with E-state index in [-0.39, 0.29) is 6.04 Å². The van der Waals surface area contributed by atoms with E-state index in [9.17, 15) is 0 Å². The lowest BCUT2D eigenvalue weighted by molar-refractivity contribution is 0.696. The minimum Gasteiger partial charge on any atom is -0.321 e. The molecule has 1 aromatic carbocycles. The molecule has 2 aromatic heterocycles. The lowest BCUT2D eigenvalue weighted by atomic mass is 10.1. The Kier molecular flexibility index (Phi) is 3.04. The molecule has 0 radical (unpaired) electrons. The van der Waals surface area contributed by atoms with Crippen molar-refractivity contribution >= 4 is 21.6 Å². The summed E-state index contributed by atoms with van der Waals surface area (Å²) in [6.07, 6.45) is 0. The average Bonchev–Trinajstić information content (AvgIpc) is 2.81. The lowest BCUT2D eigenvalue weighted by Crippen LogP contribution is -2.11. The highest BCUT2D eigenvalue weighted by atomic mass is 79.9. The maximum Gasteiger partial charge on any atom is 0.178 e. The molecule has 2 heterocycles. The first-order valence-corrected chi connectivity index (χ1v) is 6.68. The Hall–Kier alpha value is -1.79. The third kappa shape index (κ3) is 2.24. The molecule has 0 unspecified atom stereocenters. The molecule has 0 saturated carbocycles. The van der Waals surface area contributed by atoms with Gasteiger partial charge in [-0.2, -0.15) is 9.61 Å². The van der Waals surface area contributed by atoms with Gasteiger partial charge in [0.25, 0.3) is 0 Å². The van der Waals surface area contributed by atoms with Gasteiger partial charge in [-0.1, -0.05) is 28.1 Å². The van der Waals surface area contributed by atoms with Crippen LogP contribution in [0.2, 0.25) is 0 Å². The number of aromatic nitrogens is 4. The molecule has 0 aliphatic rings. The van der Waals surface area contributed by atoms with Crippen LogP contribution in [0.25, 0.3) is 16.9 Å². The third-order valence-electron chi connectivity index (χ3n) is 2.81. The number of fused-ring (bicyclic) bond motifs is 1. The minimum atomic E-state index is -0.208. The molecule has 0 spiro atoms. The van der Waals surface area contributed by atoms with Crippen molar-refractivity contribution in [3.8, 4) is 11.3 Å². The van der Waals surface area contributed by atoms with Gasteiger partial charge in [0.05, 0.1) is 11.7 Å². The maximum absolute atomic E-state index is 5.87. The third-order valence-corrected chi connectivity index (χ3v) is 3.31. The van der Waals surface area contributed by atoms with Gasteiger partial charge in [0.15, 0.2) is 11.5 Å². The van der Waals surface area contributed by atoms with Gasteiger partial charge in [-0.05, 0) is 31.2 Å². The molecule has 1 atom stereocenters. The summed E-state index contributed by atoms with van der Waals surface area (Å²) in [7, 11) is 0. The molecule has 2 N–H and O–H groups in total. The van der Waals surface area contributed by atoms with Gasteiger partial charge in [-0.25, -0.2) is 0 Å². The van der Waals surface area contributed by atoms with Crippen LogP contribution in [0.3, 0.4) is 0 Å². The summed E-state index contributed by atoms with van der Waals surface area (Å²) in [4.78, 5) is 0. The van der Waals surface area contributed by atoms with Gasteiger partial charge >= 0.3 is 0 Å². The first-order valence-electron chi connectivity index (χ1n) is 5.89. The van der Waals surface area contributed by atoms with E-state index in [1.54, 1.807) is 4.52 Å². The standard InChI is InChI=1S/C13H12BrN5/c1-8(15)13-17-16-12-6-5-11(18-19(12)13)9-3-2-4-10(14)7-9/h2-8H,15H2,1H3/t8-/m1/s1. The van der Waals surface area contributed by atoms with Crippen molar-refractivity contribution in [2.24, 2.45) is 5.73 Å². The first-order chi connectivity index (χ1) is 9.15. The van der Waals surface area contributed by atoms with Gasteiger partial charge in [0.1, 0.15) is 0 Å². The summed E-state index contributed by atoms with van der Waals surface area (Å²) < 4.78 is 2.71. The number of nitrogens with zero attached hydrogens (tertiary/aromatic N) is 4. The second-order valence-corrected chi connectivity index (χ2v) is 5.26. The number of benzene rings is 1. The van der Waals surface area contributed by atoms with E-state index in [0.29, 0.717) is 11.5 Å². The van der Waals surface area contributed by atoms with Gasteiger partial charge < -0.3 is 5.73 Å². The van der Waals surface area contributed by atoms with Crippen LogP contribution in [0.15, 0.2) is 40.9 Å².